The van der Waals surface area contributed by atoms with E-state index in [1.165, 1.54) is 11.1 Å². The first-order chi connectivity index (χ1) is 17.0. The lowest BCUT2D eigenvalue weighted by atomic mass is 9.93. The van der Waals surface area contributed by atoms with Crippen LogP contribution in [0.2, 0.25) is 0 Å². The van der Waals surface area contributed by atoms with Gasteiger partial charge in [-0.05, 0) is 74.1 Å². The molecule has 0 bridgehead atoms. The van der Waals surface area contributed by atoms with E-state index in [-0.39, 0.29) is 5.78 Å². The van der Waals surface area contributed by atoms with E-state index in [1.807, 2.05) is 24.5 Å². The molecule has 5 rings (SSSR count). The summed E-state index contributed by atoms with van der Waals surface area (Å²) in [6, 6.07) is 12.4. The molecule has 1 fully saturated rings. The number of rotatable bonds is 7. The molecule has 6 heteroatoms. The van der Waals surface area contributed by atoms with Crippen LogP contribution in [0.4, 0.5) is 11.5 Å². The SMILES string of the molecule is CCc1nc(Nc2ccc(-c3cnc4cc(C)ccn34)c(CC)c2C(C)=O)ccc1[C@H]1CCOC1. The number of aromatic nitrogens is 3. The molecule has 35 heavy (non-hydrogen) atoms. The highest BCUT2D eigenvalue weighted by Gasteiger charge is 2.22. The van der Waals surface area contributed by atoms with Crippen molar-refractivity contribution < 1.29 is 9.53 Å². The number of Topliss-reactive ketones (excluding diaryl/α,β-unsaturated/α-hetero) is 1. The normalized spacial score (nSPS) is 15.6. The predicted octanol–water partition coefficient (Wildman–Crippen LogP) is 6.28. The summed E-state index contributed by atoms with van der Waals surface area (Å²) in [5, 5.41) is 3.45. The molecule has 4 aromatic rings. The second kappa shape index (κ2) is 9.62. The van der Waals surface area contributed by atoms with Gasteiger partial charge in [0.1, 0.15) is 11.5 Å². The summed E-state index contributed by atoms with van der Waals surface area (Å²) in [5.41, 5.74) is 8.95. The number of hydrogen-bond donors (Lipinski definition) is 1. The first-order valence-corrected chi connectivity index (χ1v) is 12.5. The van der Waals surface area contributed by atoms with Crippen molar-refractivity contribution in [3.63, 3.8) is 0 Å². The number of ketones is 1. The molecule has 1 saturated heterocycles. The molecule has 0 saturated carbocycles. The number of benzene rings is 1. The molecule has 1 aromatic carbocycles. The zero-order valence-electron chi connectivity index (χ0n) is 20.9. The average Bonchev–Trinajstić information content (AvgIpc) is 3.53. The van der Waals surface area contributed by atoms with Crippen LogP contribution in [0.15, 0.2) is 48.8 Å². The summed E-state index contributed by atoms with van der Waals surface area (Å²) in [6.07, 6.45) is 6.56. The molecule has 0 radical (unpaired) electrons. The maximum absolute atomic E-state index is 12.9. The smallest absolute Gasteiger partial charge is 0.162 e. The Bertz CT molecular complexity index is 1400. The number of carbonyl (C=O) groups is 1. The average molecular weight is 469 g/mol. The van der Waals surface area contributed by atoms with E-state index in [9.17, 15) is 4.79 Å². The fourth-order valence-electron chi connectivity index (χ4n) is 5.20. The van der Waals surface area contributed by atoms with Gasteiger partial charge in [-0.3, -0.25) is 9.20 Å². The van der Waals surface area contributed by atoms with E-state index in [0.29, 0.717) is 11.5 Å². The minimum Gasteiger partial charge on any atom is -0.381 e. The number of aryl methyl sites for hydroxylation is 2. The van der Waals surface area contributed by atoms with Gasteiger partial charge in [0.05, 0.1) is 24.2 Å². The van der Waals surface area contributed by atoms with Gasteiger partial charge in [0.2, 0.25) is 0 Å². The molecular formula is C29H32N4O2. The zero-order valence-corrected chi connectivity index (χ0v) is 20.9. The Morgan fingerprint density at radius 3 is 2.74 bits per heavy atom. The van der Waals surface area contributed by atoms with Crippen molar-refractivity contribution in [2.45, 2.75) is 52.9 Å². The van der Waals surface area contributed by atoms with Crippen molar-refractivity contribution in [2.24, 2.45) is 0 Å². The van der Waals surface area contributed by atoms with Crippen LogP contribution in [0, 0.1) is 6.92 Å². The van der Waals surface area contributed by atoms with Crippen LogP contribution < -0.4 is 5.32 Å². The highest BCUT2D eigenvalue weighted by atomic mass is 16.5. The van der Waals surface area contributed by atoms with Crippen molar-refractivity contribution in [1.29, 1.82) is 0 Å². The Morgan fingerprint density at radius 1 is 1.17 bits per heavy atom. The second-order valence-electron chi connectivity index (χ2n) is 9.27. The molecule has 3 aromatic heterocycles. The number of hydrogen-bond acceptors (Lipinski definition) is 5. The van der Waals surface area contributed by atoms with Crippen LogP contribution in [-0.4, -0.2) is 33.4 Å². The van der Waals surface area contributed by atoms with Gasteiger partial charge < -0.3 is 10.1 Å². The van der Waals surface area contributed by atoms with E-state index in [1.54, 1.807) is 6.92 Å². The maximum Gasteiger partial charge on any atom is 0.162 e. The van der Waals surface area contributed by atoms with Crippen molar-refractivity contribution in [2.75, 3.05) is 18.5 Å². The Labute approximate surface area is 206 Å². The lowest BCUT2D eigenvalue weighted by Gasteiger charge is -2.19. The van der Waals surface area contributed by atoms with Crippen LogP contribution in [0.3, 0.4) is 0 Å². The fraction of sp³-hybridized carbons (Fsp3) is 0.345. The number of anilines is 2. The number of imidazole rings is 1. The summed E-state index contributed by atoms with van der Waals surface area (Å²) in [7, 11) is 0. The van der Waals surface area contributed by atoms with Gasteiger partial charge in [-0.2, -0.15) is 0 Å². The Morgan fingerprint density at radius 2 is 2.03 bits per heavy atom. The fourth-order valence-corrected chi connectivity index (χ4v) is 5.20. The van der Waals surface area contributed by atoms with E-state index in [4.69, 9.17) is 9.72 Å². The molecule has 0 aliphatic carbocycles. The lowest BCUT2D eigenvalue weighted by Crippen LogP contribution is -2.09. The third-order valence-corrected chi connectivity index (χ3v) is 6.94. The summed E-state index contributed by atoms with van der Waals surface area (Å²) < 4.78 is 7.67. The summed E-state index contributed by atoms with van der Waals surface area (Å²) in [5.74, 6) is 1.21. The van der Waals surface area contributed by atoms with Crippen LogP contribution >= 0.6 is 0 Å². The number of fused-ring (bicyclic) bond motifs is 1. The topological polar surface area (TPSA) is 68.5 Å². The van der Waals surface area contributed by atoms with Gasteiger partial charge in [0, 0.05) is 35.5 Å². The largest absolute Gasteiger partial charge is 0.381 e. The summed E-state index contributed by atoms with van der Waals surface area (Å²) >= 11 is 0. The molecule has 1 atom stereocenters. The van der Waals surface area contributed by atoms with Crippen LogP contribution in [0.25, 0.3) is 16.9 Å². The highest BCUT2D eigenvalue weighted by Crippen LogP contribution is 2.35. The lowest BCUT2D eigenvalue weighted by molar-refractivity contribution is 0.101. The number of ether oxygens (including phenoxy) is 1. The van der Waals surface area contributed by atoms with Crippen LogP contribution in [0.1, 0.15) is 65.9 Å². The van der Waals surface area contributed by atoms with Crippen LogP contribution in [0.5, 0.6) is 0 Å². The van der Waals surface area contributed by atoms with Crippen molar-refractivity contribution in [1.82, 2.24) is 14.4 Å². The molecular weight excluding hydrogens is 436 g/mol. The maximum atomic E-state index is 12.9. The van der Waals surface area contributed by atoms with Crippen molar-refractivity contribution in [3.8, 4) is 11.3 Å². The third-order valence-electron chi connectivity index (χ3n) is 6.94. The molecule has 180 valence electrons. The molecule has 0 spiro atoms. The van der Waals surface area contributed by atoms with Gasteiger partial charge in [0.15, 0.2) is 5.78 Å². The first kappa shape index (κ1) is 23.2. The standard InChI is InChI=1S/C29H32N4O2/c1-5-21-23(26-16-30-28-15-18(3)11-13-33(26)28)7-9-25(29(21)19(4)34)32-27-10-8-22(24(6-2)31-27)20-12-14-35-17-20/h7-11,13,15-16,20H,5-6,12,14,17H2,1-4H3,(H,31,32)/t20-/m0/s1. The van der Waals surface area contributed by atoms with Gasteiger partial charge in [0.25, 0.3) is 0 Å². The molecule has 0 unspecified atom stereocenters. The van der Waals surface area contributed by atoms with E-state index in [0.717, 1.165) is 72.1 Å². The molecule has 1 aliphatic heterocycles. The quantitative estimate of drug-likeness (QED) is 0.323. The predicted molar refractivity (Wildman–Crippen MR) is 140 cm³/mol. The minimum absolute atomic E-state index is 0.0336. The Kier molecular flexibility index (Phi) is 6.39. The zero-order chi connectivity index (χ0) is 24.5. The van der Waals surface area contributed by atoms with E-state index < -0.39 is 0 Å². The van der Waals surface area contributed by atoms with E-state index >= 15 is 0 Å². The minimum atomic E-state index is 0.0336. The monoisotopic (exact) mass is 468 g/mol. The molecule has 0 amide bonds. The van der Waals surface area contributed by atoms with Gasteiger partial charge >= 0.3 is 0 Å². The van der Waals surface area contributed by atoms with E-state index in [2.05, 4.69) is 59.7 Å². The molecule has 6 nitrogen and oxygen atoms in total. The number of carbonyl (C=O) groups excluding carboxylic acids is 1. The van der Waals surface area contributed by atoms with Gasteiger partial charge in [-0.1, -0.05) is 26.0 Å². The highest BCUT2D eigenvalue weighted by molar-refractivity contribution is 6.03. The van der Waals surface area contributed by atoms with Crippen molar-refractivity contribution >= 4 is 22.9 Å². The Hall–Kier alpha value is -3.51. The van der Waals surface area contributed by atoms with Crippen molar-refractivity contribution in [3.05, 3.63) is 76.7 Å². The third kappa shape index (κ3) is 4.34. The second-order valence-corrected chi connectivity index (χ2v) is 9.27. The molecule has 1 aliphatic rings. The molecule has 4 heterocycles. The molecule has 1 N–H and O–H groups in total. The summed E-state index contributed by atoms with van der Waals surface area (Å²) in [6.45, 7) is 9.50. The summed E-state index contributed by atoms with van der Waals surface area (Å²) in [4.78, 5) is 22.4. The number of pyridine rings is 2. The van der Waals surface area contributed by atoms with Gasteiger partial charge in [-0.15, -0.1) is 0 Å². The van der Waals surface area contributed by atoms with Gasteiger partial charge in [-0.25, -0.2) is 9.97 Å². The number of nitrogens with zero attached hydrogens (tertiary/aromatic N) is 3. The first-order valence-electron chi connectivity index (χ1n) is 12.5. The Balaban J connectivity index is 1.56. The number of nitrogens with one attached hydrogen (secondary N) is 1. The van der Waals surface area contributed by atoms with Crippen LogP contribution in [-0.2, 0) is 17.6 Å².